The van der Waals surface area contributed by atoms with Crippen molar-refractivity contribution in [3.8, 4) is 22.9 Å². The summed E-state index contributed by atoms with van der Waals surface area (Å²) in [5.74, 6) is 1.20. The largest absolute Gasteiger partial charge is 0.496 e. The van der Waals surface area contributed by atoms with Gasteiger partial charge in [-0.15, -0.1) is 0 Å². The molecular weight excluding hydrogens is 300 g/mol. The smallest absolute Gasteiger partial charge is 0.343 e. The van der Waals surface area contributed by atoms with Gasteiger partial charge in [0.15, 0.2) is 12.3 Å². The van der Waals surface area contributed by atoms with Gasteiger partial charge < -0.3 is 19.2 Å². The summed E-state index contributed by atoms with van der Waals surface area (Å²) in [6.07, 6.45) is 3.08. The van der Waals surface area contributed by atoms with E-state index >= 15 is 0 Å². The molecule has 1 aromatic carbocycles. The third-order valence-corrected chi connectivity index (χ3v) is 3.17. The predicted molar refractivity (Wildman–Crippen MR) is 81.2 cm³/mol. The average Bonchev–Trinajstić information content (AvgIpc) is 3.03. The van der Waals surface area contributed by atoms with Crippen molar-refractivity contribution < 1.29 is 19.0 Å². The number of imidazole rings is 1. The van der Waals surface area contributed by atoms with Crippen molar-refractivity contribution in [2.24, 2.45) is 0 Å². The Morgan fingerprint density at radius 2 is 2.17 bits per heavy atom. The Kier molecular flexibility index (Phi) is 4.05. The van der Waals surface area contributed by atoms with Crippen LogP contribution in [0, 0.1) is 0 Å². The highest BCUT2D eigenvalue weighted by Gasteiger charge is 2.13. The van der Waals surface area contributed by atoms with Crippen LogP contribution in [0.5, 0.6) is 11.5 Å². The predicted octanol–water partition coefficient (Wildman–Crippen LogP) is 1.58. The van der Waals surface area contributed by atoms with Gasteiger partial charge in [0.2, 0.25) is 0 Å². The third-order valence-electron chi connectivity index (χ3n) is 3.17. The minimum Gasteiger partial charge on any atom is -0.496 e. The van der Waals surface area contributed by atoms with Crippen LogP contribution in [-0.2, 0) is 9.53 Å². The number of hydrogen-bond acceptors (Lipinski definition) is 7. The van der Waals surface area contributed by atoms with Crippen molar-refractivity contribution in [3.63, 3.8) is 0 Å². The van der Waals surface area contributed by atoms with Crippen molar-refractivity contribution >= 4 is 17.1 Å². The van der Waals surface area contributed by atoms with Crippen LogP contribution in [0.4, 0.5) is 0 Å². The van der Waals surface area contributed by atoms with Crippen LogP contribution in [0.1, 0.15) is 0 Å². The second-order valence-electron chi connectivity index (χ2n) is 4.57. The Morgan fingerprint density at radius 1 is 1.30 bits per heavy atom. The molecule has 0 saturated carbocycles. The molecule has 0 amide bonds. The molecule has 0 unspecified atom stereocenters. The Bertz CT molecular complexity index is 813. The number of nitrogens with one attached hydrogen (secondary N) is 1. The van der Waals surface area contributed by atoms with Crippen LogP contribution in [0.3, 0.4) is 0 Å². The van der Waals surface area contributed by atoms with Crippen LogP contribution in [0.2, 0.25) is 0 Å². The van der Waals surface area contributed by atoms with Gasteiger partial charge in [-0.1, -0.05) is 0 Å². The van der Waals surface area contributed by atoms with E-state index in [4.69, 9.17) is 9.47 Å². The summed E-state index contributed by atoms with van der Waals surface area (Å²) in [5.41, 5.74) is 2.05. The molecule has 118 valence electrons. The van der Waals surface area contributed by atoms with Gasteiger partial charge in [0.1, 0.15) is 29.2 Å². The van der Waals surface area contributed by atoms with Gasteiger partial charge in [-0.05, 0) is 12.1 Å². The molecule has 3 aromatic rings. The molecule has 3 rings (SSSR count). The molecule has 0 aliphatic heterocycles. The molecule has 0 radical (unpaired) electrons. The van der Waals surface area contributed by atoms with Crippen molar-refractivity contribution in [3.05, 3.63) is 30.7 Å². The van der Waals surface area contributed by atoms with Gasteiger partial charge >= 0.3 is 5.97 Å². The zero-order valence-corrected chi connectivity index (χ0v) is 12.6. The quantitative estimate of drug-likeness (QED) is 0.714. The van der Waals surface area contributed by atoms with Gasteiger partial charge in [-0.3, -0.25) is 0 Å². The molecule has 0 spiro atoms. The molecular formula is C15H14N4O4. The molecule has 0 saturated heterocycles. The van der Waals surface area contributed by atoms with E-state index in [2.05, 4.69) is 24.7 Å². The third kappa shape index (κ3) is 3.05. The van der Waals surface area contributed by atoms with Crippen LogP contribution < -0.4 is 9.47 Å². The fraction of sp³-hybridized carbons (Fsp3) is 0.200. The van der Waals surface area contributed by atoms with Gasteiger partial charge in [-0.25, -0.2) is 19.7 Å². The number of hydrogen-bond donors (Lipinski definition) is 1. The molecule has 8 nitrogen and oxygen atoms in total. The molecule has 0 fully saturated rings. The molecule has 0 bridgehead atoms. The number of methoxy groups -OCH3 is 2. The monoisotopic (exact) mass is 314 g/mol. The first kappa shape index (κ1) is 14.8. The van der Waals surface area contributed by atoms with Gasteiger partial charge in [0.25, 0.3) is 0 Å². The normalized spacial score (nSPS) is 10.5. The summed E-state index contributed by atoms with van der Waals surface area (Å²) in [6, 6.07) is 5.19. The Hall–Kier alpha value is -3.16. The lowest BCUT2D eigenvalue weighted by Crippen LogP contribution is -2.12. The number of H-pyrrole nitrogens is 1. The molecule has 0 aliphatic carbocycles. The Balaban J connectivity index is 1.91. The van der Waals surface area contributed by atoms with E-state index in [0.717, 1.165) is 5.56 Å². The lowest BCUT2D eigenvalue weighted by molar-refractivity contribution is -0.142. The first-order valence-electron chi connectivity index (χ1n) is 6.75. The molecule has 1 N–H and O–H groups in total. The highest BCUT2D eigenvalue weighted by Crippen LogP contribution is 2.32. The number of rotatable bonds is 5. The van der Waals surface area contributed by atoms with E-state index in [-0.39, 0.29) is 6.61 Å². The fourth-order valence-corrected chi connectivity index (χ4v) is 2.05. The van der Waals surface area contributed by atoms with Crippen LogP contribution in [0.25, 0.3) is 22.6 Å². The first-order valence-corrected chi connectivity index (χ1v) is 6.75. The molecule has 23 heavy (non-hydrogen) atoms. The summed E-state index contributed by atoms with van der Waals surface area (Å²) in [6.45, 7) is -0.167. The van der Waals surface area contributed by atoms with Gasteiger partial charge in [-0.2, -0.15) is 0 Å². The number of ether oxygens (including phenoxy) is 3. The number of esters is 1. The Labute approximate surface area is 131 Å². The summed E-state index contributed by atoms with van der Waals surface area (Å²) < 4.78 is 15.3. The van der Waals surface area contributed by atoms with Gasteiger partial charge in [0, 0.05) is 6.07 Å². The number of benzene rings is 1. The minimum absolute atomic E-state index is 0.167. The molecule has 0 aliphatic rings. The van der Waals surface area contributed by atoms with Crippen LogP contribution in [-0.4, -0.2) is 46.7 Å². The fourth-order valence-electron chi connectivity index (χ4n) is 2.05. The summed E-state index contributed by atoms with van der Waals surface area (Å²) >= 11 is 0. The topological polar surface area (TPSA) is 99.2 Å². The Morgan fingerprint density at radius 3 is 2.91 bits per heavy atom. The van der Waals surface area contributed by atoms with E-state index in [1.165, 1.54) is 13.4 Å². The number of aromatic amines is 1. The molecule has 8 heteroatoms. The maximum atomic E-state index is 11.1. The maximum absolute atomic E-state index is 11.1. The van der Waals surface area contributed by atoms with Gasteiger partial charge in [0.05, 0.1) is 26.0 Å². The number of carbonyl (C=O) groups excluding carboxylic acids is 1. The summed E-state index contributed by atoms with van der Waals surface area (Å²) in [4.78, 5) is 26.7. The lowest BCUT2D eigenvalue weighted by Gasteiger charge is -2.10. The van der Waals surface area contributed by atoms with E-state index < -0.39 is 5.97 Å². The standard InChI is InChI=1S/C15H14N4O4/c1-21-12-5-9(23-7-13(20)22-2)3-4-10(12)14-18-11-6-16-8-17-15(11)19-14/h3-6,8H,7H2,1-2H3,(H,16,17,18,19). The van der Waals surface area contributed by atoms with E-state index in [1.807, 2.05) is 0 Å². The van der Waals surface area contributed by atoms with Crippen molar-refractivity contribution in [1.29, 1.82) is 0 Å². The van der Waals surface area contributed by atoms with E-state index in [9.17, 15) is 4.79 Å². The summed E-state index contributed by atoms with van der Waals surface area (Å²) in [5, 5.41) is 0. The molecule has 0 atom stereocenters. The van der Waals surface area contributed by atoms with Crippen molar-refractivity contribution in [1.82, 2.24) is 19.9 Å². The zero-order chi connectivity index (χ0) is 16.2. The average molecular weight is 314 g/mol. The van der Waals surface area contributed by atoms with Crippen LogP contribution >= 0.6 is 0 Å². The second kappa shape index (κ2) is 6.30. The highest BCUT2D eigenvalue weighted by molar-refractivity contribution is 5.77. The van der Waals surface area contributed by atoms with Crippen molar-refractivity contribution in [2.75, 3.05) is 20.8 Å². The number of aromatic nitrogens is 4. The van der Waals surface area contributed by atoms with Crippen molar-refractivity contribution in [2.45, 2.75) is 0 Å². The second-order valence-corrected chi connectivity index (χ2v) is 4.57. The zero-order valence-electron chi connectivity index (χ0n) is 12.6. The summed E-state index contributed by atoms with van der Waals surface area (Å²) in [7, 11) is 2.85. The first-order chi connectivity index (χ1) is 11.2. The van der Waals surface area contributed by atoms with E-state index in [0.29, 0.717) is 28.5 Å². The van der Waals surface area contributed by atoms with Crippen LogP contribution in [0.15, 0.2) is 30.7 Å². The molecule has 2 heterocycles. The maximum Gasteiger partial charge on any atom is 0.343 e. The number of nitrogens with zero attached hydrogens (tertiary/aromatic N) is 3. The lowest BCUT2D eigenvalue weighted by atomic mass is 10.2. The number of fused-ring (bicyclic) bond motifs is 1. The minimum atomic E-state index is -0.455. The van der Waals surface area contributed by atoms with E-state index in [1.54, 1.807) is 31.5 Å². The number of carbonyl (C=O) groups is 1. The highest BCUT2D eigenvalue weighted by atomic mass is 16.6. The SMILES string of the molecule is COC(=O)COc1ccc(-c2nc3cncnc3[nH]2)c(OC)c1. The molecule has 2 aromatic heterocycles.